The maximum absolute atomic E-state index is 9.36. The zero-order valence-electron chi connectivity index (χ0n) is 12.3. The molecule has 104 valence electrons. The summed E-state index contributed by atoms with van der Waals surface area (Å²) in [6, 6.07) is 4.16. The lowest BCUT2D eigenvalue weighted by atomic mass is 10.1. The van der Waals surface area contributed by atoms with Gasteiger partial charge < -0.3 is 0 Å². The van der Waals surface area contributed by atoms with E-state index in [0.29, 0.717) is 5.56 Å². The summed E-state index contributed by atoms with van der Waals surface area (Å²) in [6.07, 6.45) is 0. The van der Waals surface area contributed by atoms with Gasteiger partial charge in [0.05, 0.1) is 16.3 Å². The van der Waals surface area contributed by atoms with Crippen LogP contribution in [0.5, 0.6) is 0 Å². The van der Waals surface area contributed by atoms with Gasteiger partial charge >= 0.3 is 0 Å². The van der Waals surface area contributed by atoms with Crippen LogP contribution in [0, 0.1) is 25.2 Å². The minimum atomic E-state index is 0.0315. The molecule has 0 aliphatic heterocycles. The van der Waals surface area contributed by atoms with E-state index in [1.807, 2.05) is 25.3 Å². The van der Waals surface area contributed by atoms with Crippen LogP contribution >= 0.6 is 23.1 Å². The highest BCUT2D eigenvalue weighted by molar-refractivity contribution is 8.00. The number of aryl methyl sites for hydroxylation is 2. The molecule has 0 amide bonds. The normalized spacial score (nSPS) is 11.4. The summed E-state index contributed by atoms with van der Waals surface area (Å²) in [5, 5.41) is 13.2. The molecule has 0 saturated heterocycles. The van der Waals surface area contributed by atoms with E-state index in [1.54, 1.807) is 23.1 Å². The molecule has 5 heteroatoms. The smallest absolute Gasteiger partial charge is 0.115 e. The maximum Gasteiger partial charge on any atom is 0.115 e. The second-order valence-electron chi connectivity index (χ2n) is 5.55. The van der Waals surface area contributed by atoms with Crippen LogP contribution in [0.1, 0.15) is 37.0 Å². The van der Waals surface area contributed by atoms with Crippen molar-refractivity contribution in [3.05, 3.63) is 27.7 Å². The Balaban J connectivity index is 2.51. The molecule has 2 rings (SSSR count). The number of nitrogens with zero attached hydrogens (tertiary/aromatic N) is 3. The van der Waals surface area contributed by atoms with Gasteiger partial charge in [0.1, 0.15) is 11.1 Å². The van der Waals surface area contributed by atoms with E-state index in [1.165, 1.54) is 0 Å². The van der Waals surface area contributed by atoms with Gasteiger partial charge in [0.15, 0.2) is 0 Å². The molecule has 0 fully saturated rings. The van der Waals surface area contributed by atoms with Crippen molar-refractivity contribution in [1.29, 1.82) is 5.26 Å². The molecule has 2 heterocycles. The lowest BCUT2D eigenvalue weighted by Gasteiger charge is -2.18. The summed E-state index contributed by atoms with van der Waals surface area (Å²) in [7, 11) is 0. The first-order valence-electron chi connectivity index (χ1n) is 6.33. The molecule has 0 aliphatic rings. The van der Waals surface area contributed by atoms with Gasteiger partial charge in [0, 0.05) is 21.4 Å². The number of hydrogen-bond donors (Lipinski definition) is 0. The Morgan fingerprint density at radius 1 is 1.25 bits per heavy atom. The minimum absolute atomic E-state index is 0.0315. The van der Waals surface area contributed by atoms with E-state index in [9.17, 15) is 5.26 Å². The third kappa shape index (κ3) is 3.38. The first kappa shape index (κ1) is 15.0. The van der Waals surface area contributed by atoms with Gasteiger partial charge in [-0.2, -0.15) is 5.26 Å². The maximum atomic E-state index is 9.36. The zero-order chi connectivity index (χ0) is 14.9. The Labute approximate surface area is 128 Å². The Morgan fingerprint density at radius 2 is 1.95 bits per heavy atom. The topological polar surface area (TPSA) is 49.6 Å². The summed E-state index contributed by atoms with van der Waals surface area (Å²) in [6.45, 7) is 10.3. The van der Waals surface area contributed by atoms with Gasteiger partial charge in [0.25, 0.3) is 0 Å². The Bertz CT molecular complexity index is 675. The number of nitriles is 1. The molecule has 0 N–H and O–H groups in total. The number of pyridine rings is 1. The van der Waals surface area contributed by atoms with E-state index in [2.05, 4.69) is 36.8 Å². The van der Waals surface area contributed by atoms with E-state index in [4.69, 9.17) is 0 Å². The van der Waals surface area contributed by atoms with Gasteiger partial charge in [-0.05, 0) is 19.9 Å². The molecule has 2 aromatic heterocycles. The fraction of sp³-hybridized carbons (Fsp3) is 0.400. The fourth-order valence-corrected chi connectivity index (χ4v) is 3.37. The van der Waals surface area contributed by atoms with Crippen LogP contribution in [0.15, 0.2) is 16.5 Å². The van der Waals surface area contributed by atoms with Crippen LogP contribution in [0.25, 0.3) is 11.3 Å². The molecule has 0 bridgehead atoms. The molecule has 0 spiro atoms. The van der Waals surface area contributed by atoms with Crippen LogP contribution in [-0.2, 0) is 0 Å². The highest BCUT2D eigenvalue weighted by Gasteiger charge is 2.19. The highest BCUT2D eigenvalue weighted by Crippen LogP contribution is 2.35. The quantitative estimate of drug-likeness (QED) is 0.762. The zero-order valence-corrected chi connectivity index (χ0v) is 13.9. The summed E-state index contributed by atoms with van der Waals surface area (Å²) in [5.41, 5.74) is 3.39. The summed E-state index contributed by atoms with van der Waals surface area (Å²) < 4.78 is 0.0315. The second kappa shape index (κ2) is 5.55. The lowest BCUT2D eigenvalue weighted by Crippen LogP contribution is -2.09. The summed E-state index contributed by atoms with van der Waals surface area (Å²) in [5.74, 6) is 0. The molecule has 0 saturated carbocycles. The van der Waals surface area contributed by atoms with Gasteiger partial charge in [0.2, 0.25) is 0 Å². The van der Waals surface area contributed by atoms with Crippen LogP contribution in [-0.4, -0.2) is 14.7 Å². The van der Waals surface area contributed by atoms with Crippen molar-refractivity contribution in [3.63, 3.8) is 0 Å². The van der Waals surface area contributed by atoms with Crippen molar-refractivity contribution in [3.8, 4) is 17.3 Å². The van der Waals surface area contributed by atoms with Gasteiger partial charge in [-0.25, -0.2) is 9.97 Å². The Morgan fingerprint density at radius 3 is 2.45 bits per heavy atom. The average Bonchev–Trinajstić information content (AvgIpc) is 2.74. The van der Waals surface area contributed by atoms with Crippen LogP contribution in [0.2, 0.25) is 0 Å². The molecular weight excluding hydrogens is 286 g/mol. The lowest BCUT2D eigenvalue weighted by molar-refractivity contribution is 0.798. The largest absolute Gasteiger partial charge is 0.245 e. The number of thioether (sulfide) groups is 1. The van der Waals surface area contributed by atoms with Crippen molar-refractivity contribution in [2.75, 3.05) is 0 Å². The summed E-state index contributed by atoms with van der Waals surface area (Å²) in [4.78, 5) is 9.10. The SMILES string of the molecule is Cc1nc(-c2cc(C#N)c(SC(C)(C)C)nc2C)cs1. The monoisotopic (exact) mass is 303 g/mol. The van der Waals surface area contributed by atoms with Crippen molar-refractivity contribution >= 4 is 23.1 Å². The molecule has 0 aromatic carbocycles. The minimum Gasteiger partial charge on any atom is -0.245 e. The van der Waals surface area contributed by atoms with Crippen LogP contribution in [0.4, 0.5) is 0 Å². The van der Waals surface area contributed by atoms with Crippen molar-refractivity contribution in [2.45, 2.75) is 44.4 Å². The number of thiazole rings is 1. The predicted octanol–water partition coefficient (Wildman–Crippen LogP) is 4.58. The van der Waals surface area contributed by atoms with Gasteiger partial charge in [-0.1, -0.05) is 32.5 Å². The fourth-order valence-electron chi connectivity index (χ4n) is 1.78. The molecule has 20 heavy (non-hydrogen) atoms. The van der Waals surface area contributed by atoms with Crippen molar-refractivity contribution < 1.29 is 0 Å². The molecule has 0 radical (unpaired) electrons. The van der Waals surface area contributed by atoms with Gasteiger partial charge in [-0.3, -0.25) is 0 Å². The standard InChI is InChI=1S/C15H17N3S2/c1-9-12(13-8-19-10(2)18-13)6-11(7-16)14(17-9)20-15(3,4)5/h6,8H,1-5H3. The van der Waals surface area contributed by atoms with E-state index < -0.39 is 0 Å². The average molecular weight is 303 g/mol. The summed E-state index contributed by atoms with van der Waals surface area (Å²) >= 11 is 3.23. The number of aromatic nitrogens is 2. The molecule has 0 atom stereocenters. The first-order valence-corrected chi connectivity index (χ1v) is 8.03. The molecule has 0 unspecified atom stereocenters. The number of rotatable bonds is 2. The van der Waals surface area contributed by atoms with Crippen molar-refractivity contribution in [2.24, 2.45) is 0 Å². The van der Waals surface area contributed by atoms with E-state index in [0.717, 1.165) is 27.0 Å². The Hall–Kier alpha value is -1.38. The molecule has 0 aliphatic carbocycles. The first-order chi connectivity index (χ1) is 9.30. The molecular formula is C15H17N3S2. The van der Waals surface area contributed by atoms with Crippen LogP contribution < -0.4 is 0 Å². The second-order valence-corrected chi connectivity index (χ2v) is 8.43. The van der Waals surface area contributed by atoms with E-state index >= 15 is 0 Å². The number of hydrogen-bond acceptors (Lipinski definition) is 5. The van der Waals surface area contributed by atoms with Crippen LogP contribution in [0.3, 0.4) is 0 Å². The van der Waals surface area contributed by atoms with Crippen molar-refractivity contribution in [1.82, 2.24) is 9.97 Å². The molecule has 3 nitrogen and oxygen atoms in total. The highest BCUT2D eigenvalue weighted by atomic mass is 32.2. The Kier molecular flexibility index (Phi) is 4.17. The van der Waals surface area contributed by atoms with E-state index in [-0.39, 0.29) is 4.75 Å². The third-order valence-electron chi connectivity index (χ3n) is 2.60. The van der Waals surface area contributed by atoms with Gasteiger partial charge in [-0.15, -0.1) is 11.3 Å². The third-order valence-corrected chi connectivity index (χ3v) is 4.49. The predicted molar refractivity (Wildman–Crippen MR) is 85.1 cm³/mol. The molecule has 2 aromatic rings.